The molecular weight excluding hydrogens is 1160 g/mol. The Balaban J connectivity index is 0.956. The maximum absolute atomic E-state index is 7.56. The van der Waals surface area contributed by atoms with Gasteiger partial charge in [-0.05, 0) is 185 Å². The first kappa shape index (κ1) is 53.8. The summed E-state index contributed by atoms with van der Waals surface area (Å²) in [5, 5.41) is 2.24. The van der Waals surface area contributed by atoms with E-state index in [2.05, 4.69) is 369 Å². The standard InChI is InChI=1S/C84H56B2N6OS/c1-10-30-57(31-11-1)79-56-71-84(94-79)92(65-46-26-9-27-47-65)77-53-67(88(60-36-16-4-17-37-60)61-38-18-5-19-39-61)50-74-80(77)85(71)69-54-73-70(55-72(69)89(74)62-40-20-6-21-41-62)86-81-75(90(73)63-42-22-7-23-43-63)51-66(87(58-32-12-2-13-33-58)59-34-14-3-15-35-59)52-76(81)91(64-44-24-8-25-45-64)82-68-48-28-29-49-78(68)93-83(82)86/h1-56H. The highest BCUT2D eigenvalue weighted by Gasteiger charge is 2.51. The molecule has 0 N–H and O–H groups in total. The van der Waals surface area contributed by atoms with Crippen molar-refractivity contribution in [2.24, 2.45) is 0 Å². The van der Waals surface area contributed by atoms with Crippen LogP contribution in [0, 0.1) is 0 Å². The van der Waals surface area contributed by atoms with Crippen LogP contribution >= 0.6 is 11.3 Å². The van der Waals surface area contributed by atoms with E-state index in [1.807, 2.05) is 11.3 Å². The van der Waals surface area contributed by atoms with Gasteiger partial charge in [0.05, 0.1) is 27.7 Å². The lowest BCUT2D eigenvalue weighted by Gasteiger charge is -2.46. The van der Waals surface area contributed by atoms with Gasteiger partial charge in [-0.25, -0.2) is 0 Å². The van der Waals surface area contributed by atoms with Crippen LogP contribution in [0.15, 0.2) is 344 Å². The molecule has 10 heteroatoms. The Hall–Kier alpha value is -12.0. The largest absolute Gasteiger partial charge is 0.468 e. The topological polar surface area (TPSA) is 32.6 Å². The number of thiophene rings is 1. The second-order valence-corrected chi connectivity index (χ2v) is 25.4. The van der Waals surface area contributed by atoms with Crippen LogP contribution in [0.1, 0.15) is 0 Å². The van der Waals surface area contributed by atoms with Gasteiger partial charge in [0.15, 0.2) is 0 Å². The molecule has 7 nitrogen and oxygen atoms in total. The summed E-state index contributed by atoms with van der Waals surface area (Å²) in [5.74, 6) is 0. The van der Waals surface area contributed by atoms with E-state index in [0.717, 1.165) is 124 Å². The van der Waals surface area contributed by atoms with Crippen LogP contribution < -0.4 is 62.4 Å². The summed E-state index contributed by atoms with van der Waals surface area (Å²) < 4.78 is 7.56. The van der Waals surface area contributed by atoms with Gasteiger partial charge in [0.25, 0.3) is 13.4 Å². The van der Waals surface area contributed by atoms with Crippen molar-refractivity contribution in [2.45, 2.75) is 0 Å². The van der Waals surface area contributed by atoms with E-state index in [1.165, 1.54) is 31.8 Å². The summed E-state index contributed by atoms with van der Waals surface area (Å²) >= 11 is 1.87. The molecule has 2 aromatic heterocycles. The molecule has 0 spiro atoms. The fraction of sp³-hybridized carbons (Fsp3) is 0. The molecule has 94 heavy (non-hydrogen) atoms. The lowest BCUT2D eigenvalue weighted by molar-refractivity contribution is 0.651. The predicted molar refractivity (Wildman–Crippen MR) is 397 cm³/mol. The number of benzene rings is 13. The summed E-state index contributed by atoms with van der Waals surface area (Å²) in [6.45, 7) is -0.586. The Kier molecular flexibility index (Phi) is 12.5. The van der Waals surface area contributed by atoms with Crippen LogP contribution in [-0.4, -0.2) is 13.4 Å². The third-order valence-corrected chi connectivity index (χ3v) is 20.3. The minimum atomic E-state index is -0.363. The zero-order valence-corrected chi connectivity index (χ0v) is 51.8. The van der Waals surface area contributed by atoms with Crippen LogP contribution in [0.3, 0.4) is 0 Å². The predicted octanol–water partition coefficient (Wildman–Crippen LogP) is 19.3. The number of rotatable bonds is 11. The monoisotopic (exact) mass is 1220 g/mol. The molecule has 0 saturated carbocycles. The minimum absolute atomic E-state index is 0.223. The number of fused-ring (bicyclic) bond motifs is 10. The number of hydrogen-bond donors (Lipinski definition) is 0. The molecule has 0 bridgehead atoms. The number of anilines is 18. The molecule has 440 valence electrons. The van der Waals surface area contributed by atoms with Gasteiger partial charge in [-0.2, -0.15) is 0 Å². The Morgan fingerprint density at radius 3 is 1.10 bits per heavy atom. The smallest absolute Gasteiger partial charge is 0.297 e. The van der Waals surface area contributed by atoms with Crippen LogP contribution in [0.2, 0.25) is 0 Å². The zero-order valence-electron chi connectivity index (χ0n) is 51.0. The van der Waals surface area contributed by atoms with Crippen LogP contribution in [0.25, 0.3) is 21.4 Å². The molecule has 4 aliphatic heterocycles. The Bertz CT molecular complexity index is 5280. The maximum Gasteiger partial charge on any atom is 0.297 e. The second-order valence-electron chi connectivity index (χ2n) is 24.4. The first-order valence-corrected chi connectivity index (χ1v) is 33.0. The van der Waals surface area contributed by atoms with E-state index in [9.17, 15) is 0 Å². The molecule has 0 radical (unpaired) electrons. The lowest BCUT2D eigenvalue weighted by Crippen LogP contribution is -2.64. The third kappa shape index (κ3) is 8.46. The molecule has 0 aliphatic carbocycles. The molecular formula is C84H56B2N6OS. The van der Waals surface area contributed by atoms with Crippen LogP contribution in [0.5, 0.6) is 0 Å². The Morgan fingerprint density at radius 2 is 0.638 bits per heavy atom. The number of para-hydroxylation sites is 9. The summed E-state index contributed by atoms with van der Waals surface area (Å²) in [6.07, 6.45) is 0. The second kappa shape index (κ2) is 21.9. The highest BCUT2D eigenvalue weighted by molar-refractivity contribution is 7.23. The van der Waals surface area contributed by atoms with Crippen molar-refractivity contribution in [3.8, 4) is 10.4 Å². The molecule has 0 fully saturated rings. The van der Waals surface area contributed by atoms with E-state index in [-0.39, 0.29) is 13.4 Å². The fourth-order valence-electron chi connectivity index (χ4n) is 15.3. The highest BCUT2D eigenvalue weighted by Crippen LogP contribution is 2.54. The van der Waals surface area contributed by atoms with Gasteiger partial charge in [-0.15, -0.1) is 11.3 Å². The SMILES string of the molecule is c1ccc(-c2cc3c(s2)N(c2ccccc2)c2cc(N(c4ccccc4)c4ccccc4)cc4c2B3c2cc3c(cc2N4c2ccccc2)B2c4oc5ccccc5c4N(c4ccccc4)c4cc(N(c5ccccc5)c5ccccc5)cc(c42)N3c2ccccc2)cc1. The molecule has 0 saturated heterocycles. The average molecular weight is 1220 g/mol. The van der Waals surface area contributed by atoms with Crippen LogP contribution in [-0.2, 0) is 0 Å². The average Bonchev–Trinajstić information content (AvgIpc) is 0.935. The first-order chi connectivity index (χ1) is 46.7. The van der Waals surface area contributed by atoms with Gasteiger partial charge in [0, 0.05) is 89.9 Å². The fourth-order valence-corrected chi connectivity index (χ4v) is 16.5. The first-order valence-electron chi connectivity index (χ1n) is 32.1. The molecule has 13 aromatic carbocycles. The van der Waals surface area contributed by atoms with Gasteiger partial charge >= 0.3 is 0 Å². The minimum Gasteiger partial charge on any atom is -0.468 e. The van der Waals surface area contributed by atoms with Crippen molar-refractivity contribution in [1.29, 1.82) is 0 Å². The van der Waals surface area contributed by atoms with Crippen molar-refractivity contribution >= 4 is 170 Å². The van der Waals surface area contributed by atoms with Crippen molar-refractivity contribution in [3.05, 3.63) is 340 Å². The van der Waals surface area contributed by atoms with Gasteiger partial charge in [-0.3, -0.25) is 0 Å². The van der Waals surface area contributed by atoms with Crippen molar-refractivity contribution in [3.63, 3.8) is 0 Å². The highest BCUT2D eigenvalue weighted by atomic mass is 32.1. The van der Waals surface area contributed by atoms with Crippen LogP contribution in [0.4, 0.5) is 102 Å². The van der Waals surface area contributed by atoms with Gasteiger partial charge in [0.1, 0.15) is 5.58 Å². The normalized spacial score (nSPS) is 13.0. The third-order valence-electron chi connectivity index (χ3n) is 19.1. The zero-order chi connectivity index (χ0) is 61.8. The number of furan rings is 1. The van der Waals surface area contributed by atoms with Gasteiger partial charge in [-0.1, -0.05) is 188 Å². The van der Waals surface area contributed by atoms with E-state index in [4.69, 9.17) is 4.42 Å². The van der Waals surface area contributed by atoms with E-state index < -0.39 is 0 Å². The molecule has 0 atom stereocenters. The Morgan fingerprint density at radius 1 is 0.287 bits per heavy atom. The molecule has 0 unspecified atom stereocenters. The molecule has 0 amide bonds. The van der Waals surface area contributed by atoms with E-state index in [0.29, 0.717) is 0 Å². The van der Waals surface area contributed by atoms with Gasteiger partial charge < -0.3 is 33.8 Å². The lowest BCUT2D eigenvalue weighted by atomic mass is 9.32. The summed E-state index contributed by atoms with van der Waals surface area (Å²) in [6, 6.07) is 124. The summed E-state index contributed by atoms with van der Waals surface area (Å²) in [5.41, 5.74) is 27.2. The van der Waals surface area contributed by atoms with Gasteiger partial charge in [0.2, 0.25) is 0 Å². The molecule has 15 aromatic rings. The quantitative estimate of drug-likeness (QED) is 0.119. The van der Waals surface area contributed by atoms with Crippen molar-refractivity contribution < 1.29 is 4.42 Å². The molecule has 4 aliphatic rings. The van der Waals surface area contributed by atoms with Crippen molar-refractivity contribution in [2.75, 3.05) is 29.4 Å². The Labute approximate surface area is 550 Å². The number of hydrogen-bond acceptors (Lipinski definition) is 8. The summed E-state index contributed by atoms with van der Waals surface area (Å²) in [7, 11) is 0. The van der Waals surface area contributed by atoms with Crippen molar-refractivity contribution in [1.82, 2.24) is 0 Å². The van der Waals surface area contributed by atoms with E-state index in [1.54, 1.807) is 0 Å². The summed E-state index contributed by atoms with van der Waals surface area (Å²) in [4.78, 5) is 16.2. The number of nitrogens with zero attached hydrogens (tertiary/aromatic N) is 6. The van der Waals surface area contributed by atoms with E-state index >= 15 is 0 Å². The molecule has 19 rings (SSSR count). The maximum atomic E-state index is 7.56. The molecule has 6 heterocycles.